The highest BCUT2D eigenvalue weighted by molar-refractivity contribution is 7.92. The molecule has 2 rings (SSSR count). The van der Waals surface area contributed by atoms with Gasteiger partial charge in [-0.2, -0.15) is 0 Å². The van der Waals surface area contributed by atoms with Crippen LogP contribution in [0, 0.1) is 6.92 Å². The predicted molar refractivity (Wildman–Crippen MR) is 107 cm³/mol. The average Bonchev–Trinajstić information content (AvgIpc) is 2.71. The zero-order valence-corrected chi connectivity index (χ0v) is 17.4. The zero-order chi connectivity index (χ0) is 21.4. The number of hydrogen-bond acceptors (Lipinski definition) is 7. The van der Waals surface area contributed by atoms with Gasteiger partial charge in [-0.1, -0.05) is 17.7 Å². The molecule has 0 aliphatic rings. The summed E-state index contributed by atoms with van der Waals surface area (Å²) in [4.78, 5) is 27.9. The minimum Gasteiger partial charge on any atom is -0.466 e. The third kappa shape index (κ3) is 5.54. The van der Waals surface area contributed by atoms with Crippen molar-refractivity contribution in [2.75, 3.05) is 24.6 Å². The molecule has 0 unspecified atom stereocenters. The number of ether oxygens (including phenoxy) is 2. The summed E-state index contributed by atoms with van der Waals surface area (Å²) in [6, 6.07) is 7.76. The van der Waals surface area contributed by atoms with E-state index in [0.717, 1.165) is 9.87 Å². The van der Waals surface area contributed by atoms with E-state index in [1.165, 1.54) is 37.7 Å². The third-order valence-electron chi connectivity index (χ3n) is 4.13. The number of esters is 2. The van der Waals surface area contributed by atoms with Crippen LogP contribution in [0.25, 0.3) is 0 Å². The Labute approximate surface area is 170 Å². The molecule has 2 aromatic rings. The lowest BCUT2D eigenvalue weighted by Crippen LogP contribution is -2.34. The smallest absolute Gasteiger partial charge is 0.340 e. The van der Waals surface area contributed by atoms with Crippen molar-refractivity contribution in [3.63, 3.8) is 0 Å². The number of aryl methyl sites for hydroxylation is 1. The Balaban J connectivity index is 2.45. The average molecular weight is 420 g/mol. The van der Waals surface area contributed by atoms with Crippen LogP contribution in [0.2, 0.25) is 0 Å². The maximum absolute atomic E-state index is 13.3. The molecule has 0 atom stereocenters. The highest BCUT2D eigenvalue weighted by atomic mass is 32.2. The molecule has 29 heavy (non-hydrogen) atoms. The first-order chi connectivity index (χ1) is 13.8. The molecule has 0 spiro atoms. The molecule has 0 radical (unpaired) electrons. The maximum Gasteiger partial charge on any atom is 0.340 e. The first-order valence-corrected chi connectivity index (χ1v) is 10.5. The Hall–Kier alpha value is -2.94. The van der Waals surface area contributed by atoms with E-state index in [2.05, 4.69) is 4.98 Å². The Morgan fingerprint density at radius 1 is 1.14 bits per heavy atom. The second-order valence-corrected chi connectivity index (χ2v) is 8.05. The monoisotopic (exact) mass is 420 g/mol. The Morgan fingerprint density at radius 3 is 2.45 bits per heavy atom. The van der Waals surface area contributed by atoms with Gasteiger partial charge in [0.25, 0.3) is 10.0 Å². The Kier molecular flexibility index (Phi) is 7.72. The van der Waals surface area contributed by atoms with Crippen LogP contribution < -0.4 is 4.31 Å². The lowest BCUT2D eigenvalue weighted by Gasteiger charge is -2.25. The van der Waals surface area contributed by atoms with E-state index in [1.54, 1.807) is 19.1 Å². The van der Waals surface area contributed by atoms with Crippen LogP contribution in [0.3, 0.4) is 0 Å². The van der Waals surface area contributed by atoms with E-state index in [1.807, 2.05) is 6.92 Å². The summed E-state index contributed by atoms with van der Waals surface area (Å²) >= 11 is 0. The van der Waals surface area contributed by atoms with Crippen molar-refractivity contribution in [2.45, 2.75) is 31.6 Å². The normalized spacial score (nSPS) is 11.0. The van der Waals surface area contributed by atoms with E-state index in [4.69, 9.17) is 9.47 Å². The van der Waals surface area contributed by atoms with Crippen molar-refractivity contribution in [3.05, 3.63) is 53.9 Å². The van der Waals surface area contributed by atoms with E-state index in [9.17, 15) is 18.0 Å². The summed E-state index contributed by atoms with van der Waals surface area (Å²) in [6.07, 6.45) is 2.93. The number of pyridine rings is 1. The second-order valence-electron chi connectivity index (χ2n) is 6.18. The van der Waals surface area contributed by atoms with Crippen molar-refractivity contribution in [3.8, 4) is 0 Å². The van der Waals surface area contributed by atoms with Crippen molar-refractivity contribution < 1.29 is 27.5 Å². The molecule has 9 heteroatoms. The van der Waals surface area contributed by atoms with Gasteiger partial charge in [0.15, 0.2) is 0 Å². The van der Waals surface area contributed by atoms with E-state index >= 15 is 0 Å². The predicted octanol–water partition coefficient (Wildman–Crippen LogP) is 2.72. The van der Waals surface area contributed by atoms with Crippen LogP contribution in [0.1, 0.15) is 35.7 Å². The molecular weight excluding hydrogens is 396 g/mol. The number of anilines is 1. The standard InChI is InChI=1S/C20H24N2O6S/c1-4-28-19(23)6-5-13-22(18-14-21-12-11-17(18)20(24)27-3)29(25,26)16-9-7-15(2)8-10-16/h7-12,14H,4-6,13H2,1-3H3. The fourth-order valence-corrected chi connectivity index (χ4v) is 4.18. The number of methoxy groups -OCH3 is 1. The first-order valence-electron chi connectivity index (χ1n) is 9.08. The molecule has 0 amide bonds. The summed E-state index contributed by atoms with van der Waals surface area (Å²) in [7, 11) is -2.80. The van der Waals surface area contributed by atoms with Crippen LogP contribution in [0.5, 0.6) is 0 Å². The van der Waals surface area contributed by atoms with Crippen LogP contribution in [0.4, 0.5) is 5.69 Å². The number of carbonyl (C=O) groups excluding carboxylic acids is 2. The highest BCUT2D eigenvalue weighted by Gasteiger charge is 2.29. The SMILES string of the molecule is CCOC(=O)CCCN(c1cnccc1C(=O)OC)S(=O)(=O)c1ccc(C)cc1. The largest absolute Gasteiger partial charge is 0.466 e. The first kappa shape index (κ1) is 22.4. The van der Waals surface area contributed by atoms with Crippen molar-refractivity contribution >= 4 is 27.6 Å². The molecule has 8 nitrogen and oxygen atoms in total. The number of carbonyl (C=O) groups is 2. The summed E-state index contributed by atoms with van der Waals surface area (Å²) in [5.41, 5.74) is 1.06. The minimum atomic E-state index is -4.01. The van der Waals surface area contributed by atoms with Crippen molar-refractivity contribution in [1.29, 1.82) is 0 Å². The molecule has 0 aliphatic heterocycles. The topological polar surface area (TPSA) is 103 Å². The van der Waals surface area contributed by atoms with Gasteiger partial charge in [0.05, 0.1) is 36.1 Å². The molecule has 1 aromatic carbocycles. The molecule has 0 saturated carbocycles. The number of hydrogen-bond donors (Lipinski definition) is 0. The van der Waals surface area contributed by atoms with Gasteiger partial charge in [-0.25, -0.2) is 13.2 Å². The Bertz CT molecular complexity index is 957. The maximum atomic E-state index is 13.3. The van der Waals surface area contributed by atoms with Gasteiger partial charge in [0.2, 0.25) is 0 Å². The zero-order valence-electron chi connectivity index (χ0n) is 16.6. The van der Waals surface area contributed by atoms with E-state index < -0.39 is 22.0 Å². The Morgan fingerprint density at radius 2 is 1.83 bits per heavy atom. The molecular formula is C20H24N2O6S. The van der Waals surface area contributed by atoms with Crippen molar-refractivity contribution in [2.24, 2.45) is 0 Å². The van der Waals surface area contributed by atoms with Crippen molar-refractivity contribution in [1.82, 2.24) is 4.98 Å². The van der Waals surface area contributed by atoms with Gasteiger partial charge >= 0.3 is 11.9 Å². The van der Waals surface area contributed by atoms with E-state index in [0.29, 0.717) is 0 Å². The van der Waals surface area contributed by atoms with Gasteiger partial charge in [0, 0.05) is 19.2 Å². The fraction of sp³-hybridized carbons (Fsp3) is 0.350. The molecule has 0 N–H and O–H groups in total. The quantitative estimate of drug-likeness (QED) is 0.575. The van der Waals surface area contributed by atoms with E-state index in [-0.39, 0.29) is 42.1 Å². The van der Waals surface area contributed by atoms with Gasteiger partial charge in [-0.05, 0) is 38.5 Å². The van der Waals surface area contributed by atoms with Gasteiger partial charge in [-0.15, -0.1) is 0 Å². The number of benzene rings is 1. The molecule has 1 heterocycles. The summed E-state index contributed by atoms with van der Waals surface area (Å²) in [6.45, 7) is 3.76. The molecule has 0 saturated heterocycles. The molecule has 0 fully saturated rings. The minimum absolute atomic E-state index is 0.0370. The summed E-state index contributed by atoms with van der Waals surface area (Å²) in [5, 5.41) is 0. The van der Waals surface area contributed by atoms with Gasteiger partial charge in [-0.3, -0.25) is 14.1 Å². The molecule has 0 bridgehead atoms. The highest BCUT2D eigenvalue weighted by Crippen LogP contribution is 2.27. The van der Waals surface area contributed by atoms with Crippen LogP contribution >= 0.6 is 0 Å². The molecule has 1 aromatic heterocycles. The van der Waals surface area contributed by atoms with Crippen LogP contribution in [-0.2, 0) is 24.3 Å². The van der Waals surface area contributed by atoms with Crippen LogP contribution in [-0.4, -0.2) is 45.6 Å². The second kappa shape index (κ2) is 10.0. The van der Waals surface area contributed by atoms with Gasteiger partial charge < -0.3 is 9.47 Å². The summed E-state index contributed by atoms with van der Waals surface area (Å²) < 4.78 is 37.4. The van der Waals surface area contributed by atoms with Crippen LogP contribution in [0.15, 0.2) is 47.6 Å². The lowest BCUT2D eigenvalue weighted by molar-refractivity contribution is -0.143. The fourth-order valence-electron chi connectivity index (χ4n) is 2.68. The number of aromatic nitrogens is 1. The number of rotatable bonds is 9. The molecule has 0 aliphatic carbocycles. The number of nitrogens with zero attached hydrogens (tertiary/aromatic N) is 2. The third-order valence-corrected chi connectivity index (χ3v) is 5.96. The summed E-state index contributed by atoms with van der Waals surface area (Å²) in [5.74, 6) is -1.10. The number of sulfonamides is 1. The van der Waals surface area contributed by atoms with Gasteiger partial charge in [0.1, 0.15) is 0 Å². The molecule has 156 valence electrons. The lowest BCUT2D eigenvalue weighted by atomic mass is 10.2.